The molecule has 5 nitrogen and oxygen atoms in total. The molecule has 0 unspecified atom stereocenters. The van der Waals surface area contributed by atoms with Crippen LogP contribution in [0.5, 0.6) is 5.75 Å². The molecule has 0 radical (unpaired) electrons. The molecule has 3 aromatic rings. The number of aryl methyl sites for hydroxylation is 2. The molecule has 1 atom stereocenters. The van der Waals surface area contributed by atoms with Crippen molar-refractivity contribution in [2.24, 2.45) is 0 Å². The average molecular weight is 527 g/mol. The summed E-state index contributed by atoms with van der Waals surface area (Å²) in [5.41, 5.74) is 3.73. The normalized spacial score (nSPS) is 11.6. The lowest BCUT2D eigenvalue weighted by Gasteiger charge is -2.32. The molecule has 0 fully saturated rings. The monoisotopic (exact) mass is 526 g/mol. The maximum atomic E-state index is 13.6. The Balaban J connectivity index is 1.94. The predicted octanol–water partition coefficient (Wildman–Crippen LogP) is 6.16. The molecule has 7 heteroatoms. The van der Waals surface area contributed by atoms with E-state index in [1.807, 2.05) is 69.3 Å². The van der Waals surface area contributed by atoms with Crippen LogP contribution >= 0.6 is 23.2 Å². The number of nitrogens with one attached hydrogen (secondary N) is 1. The summed E-state index contributed by atoms with van der Waals surface area (Å²) in [5.74, 6) is 0.0254. The second-order valence-electron chi connectivity index (χ2n) is 8.75. The van der Waals surface area contributed by atoms with E-state index < -0.39 is 6.04 Å². The van der Waals surface area contributed by atoms with Crippen molar-refractivity contribution < 1.29 is 14.3 Å². The second-order valence-corrected chi connectivity index (χ2v) is 9.57. The summed E-state index contributed by atoms with van der Waals surface area (Å²) in [4.78, 5) is 28.5. The first-order valence-corrected chi connectivity index (χ1v) is 12.8. The summed E-state index contributed by atoms with van der Waals surface area (Å²) < 4.78 is 5.86. The van der Waals surface area contributed by atoms with Crippen molar-refractivity contribution in [2.45, 2.75) is 46.2 Å². The quantitative estimate of drug-likeness (QED) is 0.325. The van der Waals surface area contributed by atoms with Gasteiger partial charge in [0.15, 0.2) is 6.61 Å². The third kappa shape index (κ3) is 7.49. The Kier molecular flexibility index (Phi) is 10.2. The van der Waals surface area contributed by atoms with Crippen molar-refractivity contribution in [3.8, 4) is 5.75 Å². The molecule has 36 heavy (non-hydrogen) atoms. The molecule has 0 saturated carbocycles. The number of halogens is 2. The summed E-state index contributed by atoms with van der Waals surface area (Å²) in [6, 6.07) is 19.7. The SMILES string of the molecule is CCCNC(=O)[C@H](Cc1ccccc1)N(Cc1c(Cl)cccc1Cl)C(=O)COc1ccc(C)c(C)c1. The first kappa shape index (κ1) is 27.6. The summed E-state index contributed by atoms with van der Waals surface area (Å²) in [5, 5.41) is 3.82. The molecular formula is C29H32Cl2N2O3. The van der Waals surface area contributed by atoms with E-state index in [-0.39, 0.29) is 25.0 Å². The molecule has 0 heterocycles. The third-order valence-corrected chi connectivity index (χ3v) is 6.76. The molecule has 0 aliphatic heterocycles. The van der Waals surface area contributed by atoms with Crippen molar-refractivity contribution >= 4 is 35.0 Å². The van der Waals surface area contributed by atoms with Gasteiger partial charge in [0.05, 0.1) is 0 Å². The number of hydrogen-bond donors (Lipinski definition) is 1. The van der Waals surface area contributed by atoms with Crippen LogP contribution in [0.4, 0.5) is 0 Å². The van der Waals surface area contributed by atoms with Gasteiger partial charge in [0.2, 0.25) is 5.91 Å². The van der Waals surface area contributed by atoms with Crippen LogP contribution in [0.25, 0.3) is 0 Å². The Morgan fingerprint density at radius 2 is 1.64 bits per heavy atom. The van der Waals surface area contributed by atoms with Crippen LogP contribution in [0.1, 0.15) is 35.6 Å². The number of nitrogens with zero attached hydrogens (tertiary/aromatic N) is 1. The molecule has 190 valence electrons. The second kappa shape index (κ2) is 13.3. The van der Waals surface area contributed by atoms with Gasteiger partial charge in [0.25, 0.3) is 5.91 Å². The maximum Gasteiger partial charge on any atom is 0.261 e. The largest absolute Gasteiger partial charge is 0.484 e. The van der Waals surface area contributed by atoms with Gasteiger partial charge in [-0.05, 0) is 61.2 Å². The number of benzene rings is 3. The van der Waals surface area contributed by atoms with E-state index in [2.05, 4.69) is 5.32 Å². The number of rotatable bonds is 11. The molecule has 1 N–H and O–H groups in total. The van der Waals surface area contributed by atoms with Gasteiger partial charge in [-0.1, -0.05) is 72.6 Å². The van der Waals surface area contributed by atoms with E-state index in [0.29, 0.717) is 34.3 Å². The van der Waals surface area contributed by atoms with Crippen molar-refractivity contribution in [3.63, 3.8) is 0 Å². The average Bonchev–Trinajstić information content (AvgIpc) is 2.87. The van der Waals surface area contributed by atoms with Crippen LogP contribution in [0, 0.1) is 13.8 Å². The molecule has 2 amide bonds. The smallest absolute Gasteiger partial charge is 0.261 e. The van der Waals surface area contributed by atoms with Gasteiger partial charge in [-0.3, -0.25) is 9.59 Å². The Morgan fingerprint density at radius 3 is 2.28 bits per heavy atom. The summed E-state index contributed by atoms with van der Waals surface area (Å²) in [6.45, 7) is 6.35. The van der Waals surface area contributed by atoms with Gasteiger partial charge in [-0.25, -0.2) is 0 Å². The van der Waals surface area contributed by atoms with E-state index in [1.54, 1.807) is 18.2 Å². The Bertz CT molecular complexity index is 1160. The Hall–Kier alpha value is -3.02. The molecular weight excluding hydrogens is 495 g/mol. The predicted molar refractivity (Wildman–Crippen MR) is 146 cm³/mol. The van der Waals surface area contributed by atoms with Crippen LogP contribution in [-0.4, -0.2) is 35.9 Å². The lowest BCUT2D eigenvalue weighted by Crippen LogP contribution is -2.51. The molecule has 0 saturated heterocycles. The van der Waals surface area contributed by atoms with Crippen LogP contribution in [0.3, 0.4) is 0 Å². The highest BCUT2D eigenvalue weighted by molar-refractivity contribution is 6.36. The van der Waals surface area contributed by atoms with Gasteiger partial charge in [0, 0.05) is 35.1 Å². The van der Waals surface area contributed by atoms with Gasteiger partial charge >= 0.3 is 0 Å². The van der Waals surface area contributed by atoms with Crippen molar-refractivity contribution in [1.29, 1.82) is 0 Å². The van der Waals surface area contributed by atoms with Gasteiger partial charge in [0.1, 0.15) is 11.8 Å². The van der Waals surface area contributed by atoms with Gasteiger partial charge < -0.3 is 15.0 Å². The number of carbonyl (C=O) groups is 2. The van der Waals surface area contributed by atoms with Crippen LogP contribution in [0.15, 0.2) is 66.7 Å². The van der Waals surface area contributed by atoms with Crippen LogP contribution in [-0.2, 0) is 22.6 Å². The van der Waals surface area contributed by atoms with E-state index in [9.17, 15) is 9.59 Å². The number of amides is 2. The zero-order valence-electron chi connectivity index (χ0n) is 20.9. The minimum atomic E-state index is -0.776. The van der Waals surface area contributed by atoms with Crippen molar-refractivity contribution in [2.75, 3.05) is 13.2 Å². The van der Waals surface area contributed by atoms with Crippen molar-refractivity contribution in [3.05, 3.63) is 99.0 Å². The fraction of sp³-hybridized carbons (Fsp3) is 0.310. The number of carbonyl (C=O) groups excluding carboxylic acids is 2. The first-order valence-electron chi connectivity index (χ1n) is 12.0. The molecule has 3 aromatic carbocycles. The van der Waals surface area contributed by atoms with E-state index in [1.165, 1.54) is 4.90 Å². The zero-order valence-corrected chi connectivity index (χ0v) is 22.4. The maximum absolute atomic E-state index is 13.6. The van der Waals surface area contributed by atoms with Crippen LogP contribution < -0.4 is 10.1 Å². The third-order valence-electron chi connectivity index (χ3n) is 6.05. The van der Waals surface area contributed by atoms with E-state index in [0.717, 1.165) is 23.1 Å². The number of hydrogen-bond acceptors (Lipinski definition) is 3. The summed E-state index contributed by atoms with van der Waals surface area (Å²) in [6.07, 6.45) is 1.12. The zero-order chi connectivity index (χ0) is 26.1. The first-order chi connectivity index (χ1) is 17.3. The summed E-state index contributed by atoms with van der Waals surface area (Å²) >= 11 is 12.9. The minimum absolute atomic E-state index is 0.0741. The van der Waals surface area contributed by atoms with E-state index in [4.69, 9.17) is 27.9 Å². The van der Waals surface area contributed by atoms with Crippen molar-refractivity contribution in [1.82, 2.24) is 10.2 Å². The summed E-state index contributed by atoms with van der Waals surface area (Å²) in [7, 11) is 0. The highest BCUT2D eigenvalue weighted by atomic mass is 35.5. The molecule has 0 spiro atoms. The highest BCUT2D eigenvalue weighted by Crippen LogP contribution is 2.27. The molecule has 3 rings (SSSR count). The van der Waals surface area contributed by atoms with E-state index >= 15 is 0 Å². The molecule has 0 aromatic heterocycles. The van der Waals surface area contributed by atoms with Crippen LogP contribution in [0.2, 0.25) is 10.0 Å². The lowest BCUT2D eigenvalue weighted by molar-refractivity contribution is -0.142. The lowest BCUT2D eigenvalue weighted by atomic mass is 10.0. The minimum Gasteiger partial charge on any atom is -0.484 e. The number of ether oxygens (including phenoxy) is 1. The molecule has 0 aliphatic rings. The topological polar surface area (TPSA) is 58.6 Å². The Labute approximate surface area is 223 Å². The standard InChI is InChI=1S/C29H32Cl2N2O3/c1-4-15-32-29(35)27(17-22-9-6-5-7-10-22)33(18-24-25(30)11-8-12-26(24)31)28(34)19-36-23-14-13-20(2)21(3)16-23/h5-14,16,27H,4,15,17-19H2,1-3H3,(H,32,35)/t27-/m0/s1. The van der Waals surface area contributed by atoms with Gasteiger partial charge in [-0.15, -0.1) is 0 Å². The molecule has 0 bridgehead atoms. The Morgan fingerprint density at radius 1 is 0.944 bits per heavy atom. The fourth-order valence-corrected chi connectivity index (χ4v) is 4.32. The van der Waals surface area contributed by atoms with Gasteiger partial charge in [-0.2, -0.15) is 0 Å². The molecule has 0 aliphatic carbocycles. The fourth-order valence-electron chi connectivity index (χ4n) is 3.81. The highest BCUT2D eigenvalue weighted by Gasteiger charge is 2.31.